The zero-order valence-electron chi connectivity index (χ0n) is 87.9. The Balaban J connectivity index is -0.000000774. The number of unbranched alkanes of at least 4 members (excludes halogenated alkanes) is 53. The third-order valence-corrected chi connectivity index (χ3v) is 24.6. The summed E-state index contributed by atoms with van der Waals surface area (Å²) < 4.78 is 43.5. The molecule has 0 N–H and O–H groups in total. The molecule has 4 saturated heterocycles. The van der Waals surface area contributed by atoms with Gasteiger partial charge in [0.2, 0.25) is 0 Å². The van der Waals surface area contributed by atoms with E-state index in [0.29, 0.717) is 83.2 Å². The smallest absolute Gasteiger partial charge is 0.469 e. The summed E-state index contributed by atoms with van der Waals surface area (Å²) in [5.41, 5.74) is 0. The first-order valence-corrected chi connectivity index (χ1v) is 55.2. The fraction of sp³-hybridized carbons (Fsp3) is 0.803. The summed E-state index contributed by atoms with van der Waals surface area (Å²) >= 11 is 0. The Labute approximate surface area is 838 Å². The Morgan fingerprint density at radius 2 is 0.423 bits per heavy atom. The first-order chi connectivity index (χ1) is 66.3. The predicted molar refractivity (Wildman–Crippen MR) is 566 cm³/mol. The van der Waals surface area contributed by atoms with Gasteiger partial charge in [-0.2, -0.15) is 0 Å². The van der Waals surface area contributed by atoms with Gasteiger partial charge in [-0.15, -0.1) is 32.9 Å². The summed E-state index contributed by atoms with van der Waals surface area (Å²) in [6.45, 7) is 25.6. The molecular formula is C117H208O20. The number of Topliss-reactive ketones (excluding diaryl/α,β-unsaturated/α-hetero) is 6. The van der Waals surface area contributed by atoms with Crippen LogP contribution in [0, 0.1) is 0 Å². The summed E-state index contributed by atoms with van der Waals surface area (Å²) in [5, 5.41) is 0. The minimum absolute atomic E-state index is 0. The zero-order valence-corrected chi connectivity index (χ0v) is 87.9. The lowest BCUT2D eigenvalue weighted by Crippen LogP contribution is -2.09. The Hall–Kier alpha value is -6.67. The van der Waals surface area contributed by atoms with Crippen LogP contribution < -0.4 is 0 Å². The number of rotatable bonds is 92. The quantitative estimate of drug-likeness (QED) is 0.0137. The van der Waals surface area contributed by atoms with Crippen molar-refractivity contribution in [2.24, 2.45) is 0 Å². The maximum absolute atomic E-state index is 11.9. The molecule has 0 aromatic carbocycles. The molecular weight excluding hydrogens is 1730 g/mol. The van der Waals surface area contributed by atoms with Gasteiger partial charge in [-0.3, -0.25) is 43.2 Å². The molecule has 0 amide bonds. The number of epoxide rings is 2. The van der Waals surface area contributed by atoms with Gasteiger partial charge in [-0.05, 0) is 186 Å². The van der Waals surface area contributed by atoms with Gasteiger partial charge in [0.05, 0.1) is 66.0 Å². The molecule has 4 aliphatic heterocycles. The standard InChI is InChI=1S/C23H36O8.C21H36O4.C21H36O2.C19H36O2.2C11H20O2.C10H20.CH4/c24-18(11-7-3-1-5-9-13-20-16-28-22(26)30-20)15-19(25)12-8-4-2-6-10-14-21-17-29-23(27)31-21;22-18(11-7-3-1-5-9-13-20-16-24-20)15-19(23)12-8-4-2-6-10-14-21-17-25-21;1-3-5-7-9-11-13-15-17-20(22)19-21(23)18-16-14-12-10-8-6-4-2;1-3-4-5-6-7-8-9-10-11-12-13-14-15-16-17-18-19(20)21-2;2*1-3-4-5-6-7-8-9-10-11(12)13-2;1-3-5-7-9-10-8-6-4-2;/h20-21H,1-17H2;20-21H,1-17H2;3-4H,1-2,5-19H2;10-11H,3-9,12-18H2,1-2H3;2*3H,1,4-10H2,2H3;3H,1,4-10H2,2H3;1H4/b;;;11-10-;;;;. The maximum atomic E-state index is 11.9. The number of carbonyl (C=O) groups is 11. The van der Waals surface area contributed by atoms with E-state index in [9.17, 15) is 52.7 Å². The van der Waals surface area contributed by atoms with E-state index in [-0.39, 0.29) is 91.5 Å². The van der Waals surface area contributed by atoms with Crippen molar-refractivity contribution in [3.05, 3.63) is 75.4 Å². The molecule has 20 heteroatoms. The summed E-state index contributed by atoms with van der Waals surface area (Å²) in [4.78, 5) is 125. The highest BCUT2D eigenvalue weighted by atomic mass is 16.8. The molecule has 0 aromatic heterocycles. The molecule has 20 nitrogen and oxygen atoms in total. The minimum atomic E-state index is -0.571. The van der Waals surface area contributed by atoms with Gasteiger partial charge in [0.1, 0.15) is 60.1 Å². The van der Waals surface area contributed by atoms with Crippen molar-refractivity contribution in [3.8, 4) is 0 Å². The van der Waals surface area contributed by atoms with Crippen LogP contribution in [0.4, 0.5) is 9.59 Å². The fourth-order valence-corrected chi connectivity index (χ4v) is 15.7. The van der Waals surface area contributed by atoms with E-state index >= 15 is 0 Å². The van der Waals surface area contributed by atoms with Gasteiger partial charge >= 0.3 is 30.2 Å². The number of ether oxygens (including phenoxy) is 9. The minimum Gasteiger partial charge on any atom is -0.469 e. The lowest BCUT2D eigenvalue weighted by atomic mass is 10.0. The van der Waals surface area contributed by atoms with Gasteiger partial charge in [0.15, 0.2) is 0 Å². The number of methoxy groups -OCH3 is 3. The Bertz CT molecular complexity index is 2760. The van der Waals surface area contributed by atoms with Crippen LogP contribution in [0.1, 0.15) is 535 Å². The van der Waals surface area contributed by atoms with Crippen LogP contribution in [-0.4, -0.2) is 137 Å². The second kappa shape index (κ2) is 111. The van der Waals surface area contributed by atoms with Crippen LogP contribution in [0.5, 0.6) is 0 Å². The van der Waals surface area contributed by atoms with Crippen LogP contribution >= 0.6 is 0 Å². The molecule has 0 saturated carbocycles. The van der Waals surface area contributed by atoms with Crippen molar-refractivity contribution in [3.63, 3.8) is 0 Å². The van der Waals surface area contributed by atoms with Gasteiger partial charge in [0, 0.05) is 57.8 Å². The molecule has 0 aromatic rings. The monoisotopic (exact) mass is 1930 g/mol. The Morgan fingerprint density at radius 3 is 0.606 bits per heavy atom. The maximum Gasteiger partial charge on any atom is 0.508 e. The molecule has 0 spiro atoms. The summed E-state index contributed by atoms with van der Waals surface area (Å²) in [5.74, 6) is 0.382. The number of esters is 3. The van der Waals surface area contributed by atoms with E-state index in [1.807, 2.05) is 30.4 Å². The van der Waals surface area contributed by atoms with Gasteiger partial charge in [-0.1, -0.05) is 314 Å². The molecule has 4 rings (SSSR count). The van der Waals surface area contributed by atoms with Gasteiger partial charge in [0.25, 0.3) is 0 Å². The topological polar surface area (TPSA) is 277 Å². The Morgan fingerprint density at radius 1 is 0.248 bits per heavy atom. The van der Waals surface area contributed by atoms with Crippen molar-refractivity contribution in [2.75, 3.05) is 47.8 Å². The van der Waals surface area contributed by atoms with Crippen LogP contribution in [0.3, 0.4) is 0 Å². The summed E-state index contributed by atoms with van der Waals surface area (Å²) in [6.07, 6.45) is 98.3. The molecule has 4 heterocycles. The number of ketones is 6. The Kier molecular flexibility index (Phi) is 111. The highest BCUT2D eigenvalue weighted by Crippen LogP contribution is 2.24. The summed E-state index contributed by atoms with van der Waals surface area (Å²) in [6, 6.07) is 0. The lowest BCUT2D eigenvalue weighted by Gasteiger charge is -2.06. The highest BCUT2D eigenvalue weighted by Gasteiger charge is 2.26. The number of hydrogen-bond acceptors (Lipinski definition) is 20. The van der Waals surface area contributed by atoms with Crippen LogP contribution in [-0.2, 0) is 85.8 Å². The number of allylic oxidation sites excluding steroid dienone is 7. The van der Waals surface area contributed by atoms with E-state index in [2.05, 4.69) is 73.1 Å². The van der Waals surface area contributed by atoms with Gasteiger partial charge in [-0.25, -0.2) is 9.59 Å². The highest BCUT2D eigenvalue weighted by molar-refractivity contribution is 6.00. The molecule has 4 aliphatic rings. The third-order valence-electron chi connectivity index (χ3n) is 24.6. The molecule has 796 valence electrons. The third kappa shape index (κ3) is 114. The largest absolute Gasteiger partial charge is 0.508 e. The second-order valence-electron chi connectivity index (χ2n) is 37.8. The van der Waals surface area contributed by atoms with Crippen molar-refractivity contribution in [2.45, 2.75) is 559 Å². The van der Waals surface area contributed by atoms with E-state index in [1.165, 1.54) is 265 Å². The van der Waals surface area contributed by atoms with E-state index in [4.69, 9.17) is 28.4 Å². The molecule has 4 atom stereocenters. The van der Waals surface area contributed by atoms with Crippen molar-refractivity contribution < 1.29 is 95.4 Å². The van der Waals surface area contributed by atoms with E-state index in [0.717, 1.165) is 206 Å². The molecule has 0 radical (unpaired) electrons. The van der Waals surface area contributed by atoms with Gasteiger partial charge < -0.3 is 42.6 Å². The SMILES string of the molecule is C.C=CCCCCCCCC.C=CCCCCCCCC(=O)CC(=O)CCCCCCCC=C.C=CCCCCCCCC(=O)OC.C=CCCCCCCCC(=O)OC.CCCCCCCC/C=C\CCCCCCCC(=O)OC.O=C(CCCCCCCC1CO1)CC(=O)CCCCCCCC1CO1.O=C(CCCCCCCC1COC(=O)O1)CC(=O)CCCCCCCC1COC(=O)O1. The first kappa shape index (κ1) is 137. The fourth-order valence-electron chi connectivity index (χ4n) is 15.7. The lowest BCUT2D eigenvalue weighted by molar-refractivity contribution is -0.141. The van der Waals surface area contributed by atoms with Crippen LogP contribution in [0.25, 0.3) is 0 Å². The van der Waals surface area contributed by atoms with Crippen LogP contribution in [0.15, 0.2) is 75.4 Å². The zero-order chi connectivity index (χ0) is 100. The molecule has 0 aliphatic carbocycles. The molecule has 137 heavy (non-hydrogen) atoms. The number of carbonyl (C=O) groups excluding carboxylic acids is 11. The van der Waals surface area contributed by atoms with Crippen LogP contribution in [0.2, 0.25) is 0 Å². The van der Waals surface area contributed by atoms with Crippen molar-refractivity contribution >= 4 is 64.9 Å². The normalized spacial score (nSPS) is 14.4. The van der Waals surface area contributed by atoms with Crippen molar-refractivity contribution in [1.29, 1.82) is 0 Å². The van der Waals surface area contributed by atoms with E-state index < -0.39 is 12.3 Å². The molecule has 0 bridgehead atoms. The van der Waals surface area contributed by atoms with Crippen molar-refractivity contribution in [1.82, 2.24) is 0 Å². The average molecular weight is 1930 g/mol. The van der Waals surface area contributed by atoms with E-state index in [1.54, 1.807) is 0 Å². The number of hydrogen-bond donors (Lipinski definition) is 0. The first-order valence-electron chi connectivity index (χ1n) is 55.2. The molecule has 4 fully saturated rings. The summed E-state index contributed by atoms with van der Waals surface area (Å²) in [7, 11) is 4.33. The number of cyclic esters (lactones) is 4. The second-order valence-corrected chi connectivity index (χ2v) is 37.8. The molecule has 4 unspecified atom stereocenters. The average Bonchev–Trinajstić information content (AvgIpc) is 1.82. The predicted octanol–water partition coefficient (Wildman–Crippen LogP) is 33.1.